The summed E-state index contributed by atoms with van der Waals surface area (Å²) in [5.41, 5.74) is 4.30. The molecule has 1 aliphatic rings. The van der Waals surface area contributed by atoms with Gasteiger partial charge in [-0.2, -0.15) is 9.41 Å². The first kappa shape index (κ1) is 23.3. The van der Waals surface area contributed by atoms with Crippen molar-refractivity contribution >= 4 is 38.7 Å². The summed E-state index contributed by atoms with van der Waals surface area (Å²) in [5.74, 6) is -0.210. The van der Waals surface area contributed by atoms with Crippen LogP contribution in [0.15, 0.2) is 52.5 Å². The van der Waals surface area contributed by atoms with Gasteiger partial charge < -0.3 is 10.1 Å². The molecule has 2 aromatic carbocycles. The lowest BCUT2D eigenvalue weighted by Gasteiger charge is -2.26. The number of anilines is 2. The molecule has 1 amide bonds. The summed E-state index contributed by atoms with van der Waals surface area (Å²) in [4.78, 5) is 21.6. The second-order valence-corrected chi connectivity index (χ2v) is 8.93. The first-order valence-electron chi connectivity index (χ1n) is 9.73. The fourth-order valence-corrected chi connectivity index (χ4v) is 4.66. The summed E-state index contributed by atoms with van der Waals surface area (Å²) in [6.07, 6.45) is 0. The van der Waals surface area contributed by atoms with E-state index in [2.05, 4.69) is 15.8 Å². The molecule has 11 nitrogen and oxygen atoms in total. The number of nitro benzene ring substituents is 1. The minimum Gasteiger partial charge on any atom is -0.379 e. The van der Waals surface area contributed by atoms with Crippen LogP contribution in [-0.4, -0.2) is 55.6 Å². The number of amides is 1. The number of benzene rings is 2. The zero-order chi connectivity index (χ0) is 23.3. The molecule has 0 atom stereocenters. The van der Waals surface area contributed by atoms with E-state index in [1.165, 1.54) is 23.4 Å². The normalized spacial score (nSPS) is 15.2. The predicted octanol–water partition coefficient (Wildman–Crippen LogP) is 2.41. The van der Waals surface area contributed by atoms with Crippen LogP contribution in [0.4, 0.5) is 17.1 Å². The Balaban J connectivity index is 1.94. The van der Waals surface area contributed by atoms with Gasteiger partial charge >= 0.3 is 0 Å². The van der Waals surface area contributed by atoms with Gasteiger partial charge in [0.1, 0.15) is 4.90 Å². The van der Waals surface area contributed by atoms with Gasteiger partial charge in [0.15, 0.2) is 0 Å². The van der Waals surface area contributed by atoms with Crippen LogP contribution in [-0.2, 0) is 19.6 Å². The number of carbonyl (C=O) groups is 1. The Labute approximate surface area is 185 Å². The van der Waals surface area contributed by atoms with Gasteiger partial charge in [0, 0.05) is 37.8 Å². The highest BCUT2D eigenvalue weighted by atomic mass is 32.2. The van der Waals surface area contributed by atoms with Crippen molar-refractivity contribution < 1.29 is 22.9 Å². The van der Waals surface area contributed by atoms with Crippen LogP contribution >= 0.6 is 0 Å². The lowest BCUT2D eigenvalue weighted by atomic mass is 10.1. The molecule has 1 aliphatic heterocycles. The number of hydrogen-bond donors (Lipinski definition) is 2. The molecular weight excluding hydrogens is 438 g/mol. The molecule has 2 N–H and O–H groups in total. The number of rotatable bonds is 7. The number of morpholine rings is 1. The predicted molar refractivity (Wildman–Crippen MR) is 119 cm³/mol. The first-order valence-corrected chi connectivity index (χ1v) is 11.2. The maximum absolute atomic E-state index is 13.2. The number of nitrogens with zero attached hydrogens (tertiary/aromatic N) is 3. The molecule has 0 aliphatic carbocycles. The average molecular weight is 462 g/mol. The summed E-state index contributed by atoms with van der Waals surface area (Å²) >= 11 is 0. The van der Waals surface area contributed by atoms with Crippen LogP contribution in [0.1, 0.15) is 19.4 Å². The largest absolute Gasteiger partial charge is 0.379 e. The van der Waals surface area contributed by atoms with Crippen molar-refractivity contribution in [2.75, 3.05) is 37.0 Å². The molecule has 170 valence electrons. The van der Waals surface area contributed by atoms with Crippen LogP contribution in [0, 0.1) is 10.1 Å². The molecule has 0 aromatic heterocycles. The van der Waals surface area contributed by atoms with Gasteiger partial charge in [-0.25, -0.2) is 8.42 Å². The summed E-state index contributed by atoms with van der Waals surface area (Å²) < 4.78 is 32.8. The van der Waals surface area contributed by atoms with E-state index in [1.54, 1.807) is 31.2 Å². The average Bonchev–Trinajstić information content (AvgIpc) is 2.77. The minimum absolute atomic E-state index is 0.111. The highest BCUT2D eigenvalue weighted by Gasteiger charge is 2.30. The van der Waals surface area contributed by atoms with E-state index in [1.807, 2.05) is 0 Å². The lowest BCUT2D eigenvalue weighted by molar-refractivity contribution is -0.385. The fraction of sp³-hybridized carbons (Fsp3) is 0.300. The van der Waals surface area contributed by atoms with E-state index < -0.39 is 14.9 Å². The Kier molecular flexibility index (Phi) is 7.18. The topological polar surface area (TPSA) is 143 Å². The van der Waals surface area contributed by atoms with E-state index in [4.69, 9.17) is 4.74 Å². The number of non-ortho nitro benzene ring substituents is 1. The van der Waals surface area contributed by atoms with E-state index in [9.17, 15) is 23.3 Å². The molecule has 0 spiro atoms. The maximum Gasteiger partial charge on any atom is 0.270 e. The van der Waals surface area contributed by atoms with Gasteiger partial charge in [-0.15, -0.1) is 0 Å². The molecule has 0 saturated carbocycles. The van der Waals surface area contributed by atoms with Crippen LogP contribution in [0.5, 0.6) is 0 Å². The molecular formula is C20H23N5O6S. The summed E-state index contributed by atoms with van der Waals surface area (Å²) in [7, 11) is -4.01. The Bertz CT molecular complexity index is 1160. The molecule has 12 heteroatoms. The number of sulfonamides is 1. The third kappa shape index (κ3) is 5.46. The second kappa shape index (κ2) is 9.85. The zero-order valence-corrected chi connectivity index (χ0v) is 18.4. The van der Waals surface area contributed by atoms with Gasteiger partial charge in [-0.3, -0.25) is 20.3 Å². The van der Waals surface area contributed by atoms with Crippen molar-refractivity contribution in [2.45, 2.75) is 18.7 Å². The standard InChI is InChI=1S/C20H23N5O6S/c1-14(16-4-3-5-17(12-16)21-15(2)26)22-23-19-7-6-18(25(27)28)13-20(19)32(29,30)24-8-10-31-11-9-24/h3-7,12-13,23H,8-11H2,1-2H3,(H,21,26)/b22-14-. The van der Waals surface area contributed by atoms with E-state index in [0.717, 1.165) is 6.07 Å². The fourth-order valence-electron chi connectivity index (χ4n) is 3.09. The minimum atomic E-state index is -4.01. The van der Waals surface area contributed by atoms with Crippen molar-refractivity contribution in [3.8, 4) is 0 Å². The van der Waals surface area contributed by atoms with Gasteiger partial charge in [0.05, 0.1) is 29.5 Å². The third-order valence-electron chi connectivity index (χ3n) is 4.71. The number of nitrogens with one attached hydrogen (secondary N) is 2. The molecule has 1 saturated heterocycles. The highest BCUT2D eigenvalue weighted by molar-refractivity contribution is 7.89. The number of ether oxygens (including phenoxy) is 1. The number of carbonyl (C=O) groups excluding carboxylic acids is 1. The van der Waals surface area contributed by atoms with Gasteiger partial charge in [0.2, 0.25) is 15.9 Å². The Morgan fingerprint density at radius 3 is 2.53 bits per heavy atom. The molecule has 2 aromatic rings. The summed E-state index contributed by atoms with van der Waals surface area (Å²) in [6.45, 7) is 3.92. The van der Waals surface area contributed by atoms with Crippen LogP contribution < -0.4 is 10.7 Å². The zero-order valence-electron chi connectivity index (χ0n) is 17.6. The molecule has 0 radical (unpaired) electrons. The SMILES string of the molecule is CC(=O)Nc1cccc(/C(C)=N\Nc2ccc([N+](=O)[O-])cc2S(=O)(=O)N2CCOCC2)c1. The number of hydrazone groups is 1. The Hall–Kier alpha value is -3.35. The maximum atomic E-state index is 13.2. The molecule has 3 rings (SSSR count). The smallest absolute Gasteiger partial charge is 0.270 e. The van der Waals surface area contributed by atoms with E-state index >= 15 is 0 Å². The molecule has 1 fully saturated rings. The number of nitro groups is 1. The lowest BCUT2D eigenvalue weighted by Crippen LogP contribution is -2.40. The Morgan fingerprint density at radius 2 is 1.88 bits per heavy atom. The first-order chi connectivity index (χ1) is 15.2. The second-order valence-electron chi connectivity index (χ2n) is 7.03. The molecule has 1 heterocycles. The molecule has 32 heavy (non-hydrogen) atoms. The van der Waals surface area contributed by atoms with Crippen molar-refractivity contribution in [3.05, 3.63) is 58.1 Å². The third-order valence-corrected chi connectivity index (χ3v) is 6.65. The van der Waals surface area contributed by atoms with Crippen LogP contribution in [0.2, 0.25) is 0 Å². The highest BCUT2D eigenvalue weighted by Crippen LogP contribution is 2.29. The van der Waals surface area contributed by atoms with Crippen molar-refractivity contribution in [2.24, 2.45) is 5.10 Å². The summed E-state index contributed by atoms with van der Waals surface area (Å²) in [5, 5.41) is 18.2. The molecule has 0 unspecified atom stereocenters. The van der Waals surface area contributed by atoms with Gasteiger partial charge in [-0.05, 0) is 30.7 Å². The van der Waals surface area contributed by atoms with E-state index in [-0.39, 0.29) is 48.5 Å². The van der Waals surface area contributed by atoms with Gasteiger partial charge in [0.25, 0.3) is 5.69 Å². The van der Waals surface area contributed by atoms with Crippen molar-refractivity contribution in [1.29, 1.82) is 0 Å². The van der Waals surface area contributed by atoms with Crippen molar-refractivity contribution in [1.82, 2.24) is 4.31 Å². The van der Waals surface area contributed by atoms with Crippen LogP contribution in [0.3, 0.4) is 0 Å². The number of hydrogen-bond acceptors (Lipinski definition) is 8. The van der Waals surface area contributed by atoms with Gasteiger partial charge in [-0.1, -0.05) is 12.1 Å². The Morgan fingerprint density at radius 1 is 1.16 bits per heavy atom. The van der Waals surface area contributed by atoms with Crippen molar-refractivity contribution in [3.63, 3.8) is 0 Å². The summed E-state index contributed by atoms with van der Waals surface area (Å²) in [6, 6.07) is 10.5. The van der Waals surface area contributed by atoms with E-state index in [0.29, 0.717) is 17.0 Å². The quantitative estimate of drug-likeness (QED) is 0.366. The monoisotopic (exact) mass is 461 g/mol. The van der Waals surface area contributed by atoms with Crippen LogP contribution in [0.25, 0.3) is 0 Å². The molecule has 0 bridgehead atoms.